The van der Waals surface area contributed by atoms with Crippen molar-refractivity contribution < 1.29 is 5.11 Å². The van der Waals surface area contributed by atoms with E-state index in [0.717, 1.165) is 28.3 Å². The quantitative estimate of drug-likeness (QED) is 0.466. The zero-order valence-corrected chi connectivity index (χ0v) is 16.3. The van der Waals surface area contributed by atoms with Crippen LogP contribution in [0.3, 0.4) is 0 Å². The lowest BCUT2D eigenvalue weighted by molar-refractivity contribution is 0.346. The van der Waals surface area contributed by atoms with Gasteiger partial charge in [-0.05, 0) is 72.6 Å². The molecular weight excluding hydrogens is 318 g/mol. The molecule has 2 aromatic carbocycles. The van der Waals surface area contributed by atoms with Crippen molar-refractivity contribution in [2.75, 3.05) is 5.73 Å². The first-order valence-electron chi connectivity index (χ1n) is 10.6. The normalized spacial score (nSPS) is 29.8. The van der Waals surface area contributed by atoms with Crippen molar-refractivity contribution in [1.82, 2.24) is 0 Å². The molecule has 0 unspecified atom stereocenters. The number of benzene rings is 2. The minimum absolute atomic E-state index is 0.411. The van der Waals surface area contributed by atoms with Crippen LogP contribution in [0.5, 0.6) is 5.75 Å². The molecule has 2 heteroatoms. The van der Waals surface area contributed by atoms with Gasteiger partial charge in [-0.1, -0.05) is 51.7 Å². The standard InChI is InChI=1S/C24H33NO/c1-15-3-7-17(8-4-15)19-11-12-20(18-9-5-16(2)6-10-18)24-22(26)14-13-21(25)23(19)24/h11-18,26H,3-10,25H2,1-2H3. The molecule has 0 amide bonds. The Morgan fingerprint density at radius 1 is 0.692 bits per heavy atom. The molecule has 0 aromatic heterocycles. The summed E-state index contributed by atoms with van der Waals surface area (Å²) in [6.45, 7) is 4.72. The zero-order valence-electron chi connectivity index (χ0n) is 16.3. The summed E-state index contributed by atoms with van der Waals surface area (Å²) in [5, 5.41) is 13.0. The van der Waals surface area contributed by atoms with Gasteiger partial charge in [-0.2, -0.15) is 0 Å². The van der Waals surface area contributed by atoms with Gasteiger partial charge in [0, 0.05) is 16.5 Å². The summed E-state index contributed by atoms with van der Waals surface area (Å²) in [6.07, 6.45) is 10.1. The van der Waals surface area contributed by atoms with Crippen LogP contribution in [0.1, 0.15) is 88.2 Å². The van der Waals surface area contributed by atoms with E-state index in [-0.39, 0.29) is 0 Å². The van der Waals surface area contributed by atoms with Crippen molar-refractivity contribution in [2.24, 2.45) is 11.8 Å². The third kappa shape index (κ3) is 3.19. The first-order chi connectivity index (χ1) is 12.5. The van der Waals surface area contributed by atoms with Crippen molar-refractivity contribution in [3.8, 4) is 5.75 Å². The molecule has 0 bridgehead atoms. The Bertz CT molecular complexity index is 714. The van der Waals surface area contributed by atoms with E-state index in [1.54, 1.807) is 6.07 Å². The number of phenols is 1. The summed E-state index contributed by atoms with van der Waals surface area (Å²) in [7, 11) is 0. The van der Waals surface area contributed by atoms with Crippen LogP contribution in [0.15, 0.2) is 24.3 Å². The van der Waals surface area contributed by atoms with E-state index < -0.39 is 0 Å². The van der Waals surface area contributed by atoms with E-state index in [1.165, 1.54) is 62.5 Å². The number of aromatic hydroxyl groups is 1. The summed E-state index contributed by atoms with van der Waals surface area (Å²) in [5.41, 5.74) is 9.99. The Hall–Kier alpha value is -1.70. The molecule has 26 heavy (non-hydrogen) atoms. The maximum atomic E-state index is 10.8. The third-order valence-electron chi connectivity index (χ3n) is 7.15. The van der Waals surface area contributed by atoms with E-state index in [9.17, 15) is 5.11 Å². The summed E-state index contributed by atoms with van der Waals surface area (Å²) in [4.78, 5) is 0. The molecule has 2 aromatic rings. The fourth-order valence-electron chi connectivity index (χ4n) is 5.38. The maximum absolute atomic E-state index is 10.8. The van der Waals surface area contributed by atoms with Gasteiger partial charge in [-0.15, -0.1) is 0 Å². The number of anilines is 1. The van der Waals surface area contributed by atoms with Gasteiger partial charge < -0.3 is 10.8 Å². The highest BCUT2D eigenvalue weighted by molar-refractivity contribution is 6.02. The zero-order chi connectivity index (χ0) is 18.3. The second kappa shape index (κ2) is 7.13. The Labute approximate surface area is 157 Å². The Morgan fingerprint density at radius 3 is 1.65 bits per heavy atom. The Kier molecular flexibility index (Phi) is 4.86. The molecule has 2 saturated carbocycles. The van der Waals surface area contributed by atoms with Gasteiger partial charge >= 0.3 is 0 Å². The van der Waals surface area contributed by atoms with E-state index in [1.807, 2.05) is 6.07 Å². The predicted octanol–water partition coefficient (Wildman–Crippen LogP) is 6.72. The minimum atomic E-state index is 0.411. The fraction of sp³-hybridized carbons (Fsp3) is 0.583. The lowest BCUT2D eigenvalue weighted by Gasteiger charge is -2.31. The number of nitrogen functional groups attached to an aromatic ring is 1. The van der Waals surface area contributed by atoms with Crippen LogP contribution in [0.4, 0.5) is 5.69 Å². The molecule has 2 nitrogen and oxygen atoms in total. The summed E-state index contributed by atoms with van der Waals surface area (Å²) < 4.78 is 0. The van der Waals surface area contributed by atoms with Crippen LogP contribution in [0.25, 0.3) is 10.8 Å². The smallest absolute Gasteiger partial charge is 0.123 e. The number of hydrogen-bond acceptors (Lipinski definition) is 2. The van der Waals surface area contributed by atoms with Gasteiger partial charge in [0.1, 0.15) is 5.75 Å². The largest absolute Gasteiger partial charge is 0.507 e. The molecule has 3 N–H and O–H groups in total. The van der Waals surface area contributed by atoms with Gasteiger partial charge in [0.2, 0.25) is 0 Å². The predicted molar refractivity (Wildman–Crippen MR) is 111 cm³/mol. The van der Waals surface area contributed by atoms with E-state index in [2.05, 4.69) is 26.0 Å². The second-order valence-electron chi connectivity index (χ2n) is 9.08. The average molecular weight is 352 g/mol. The number of fused-ring (bicyclic) bond motifs is 1. The Balaban J connectivity index is 1.81. The monoisotopic (exact) mass is 351 g/mol. The van der Waals surface area contributed by atoms with Crippen LogP contribution < -0.4 is 5.73 Å². The van der Waals surface area contributed by atoms with Gasteiger partial charge in [0.05, 0.1) is 0 Å². The van der Waals surface area contributed by atoms with Crippen molar-refractivity contribution in [3.05, 3.63) is 35.4 Å². The molecule has 0 radical (unpaired) electrons. The SMILES string of the molecule is CC1CCC(c2ccc(C3CCC(C)CC3)c3c(O)ccc(N)c23)CC1. The van der Waals surface area contributed by atoms with Crippen LogP contribution >= 0.6 is 0 Å². The first kappa shape index (κ1) is 17.7. The second-order valence-corrected chi connectivity index (χ2v) is 9.08. The molecule has 140 valence electrons. The molecule has 0 spiro atoms. The van der Waals surface area contributed by atoms with Crippen molar-refractivity contribution in [1.29, 1.82) is 0 Å². The highest BCUT2D eigenvalue weighted by Crippen LogP contribution is 2.46. The van der Waals surface area contributed by atoms with Crippen molar-refractivity contribution in [3.63, 3.8) is 0 Å². The number of phenolic OH excluding ortho intramolecular Hbond substituents is 1. The van der Waals surface area contributed by atoms with Crippen LogP contribution in [-0.4, -0.2) is 5.11 Å². The van der Waals surface area contributed by atoms with Gasteiger partial charge in [-0.3, -0.25) is 0 Å². The lowest BCUT2D eigenvalue weighted by atomic mass is 9.74. The van der Waals surface area contributed by atoms with Crippen LogP contribution in [-0.2, 0) is 0 Å². The van der Waals surface area contributed by atoms with Crippen molar-refractivity contribution in [2.45, 2.75) is 77.0 Å². The first-order valence-corrected chi connectivity index (χ1v) is 10.6. The van der Waals surface area contributed by atoms with Gasteiger partial charge in [-0.25, -0.2) is 0 Å². The number of nitrogens with two attached hydrogens (primary N) is 1. The molecule has 2 aliphatic carbocycles. The Morgan fingerprint density at radius 2 is 1.15 bits per heavy atom. The van der Waals surface area contributed by atoms with Crippen LogP contribution in [0, 0.1) is 11.8 Å². The molecule has 0 atom stereocenters. The molecule has 2 aliphatic rings. The van der Waals surface area contributed by atoms with Gasteiger partial charge in [0.15, 0.2) is 0 Å². The molecular formula is C24H33NO. The van der Waals surface area contributed by atoms with E-state index in [0.29, 0.717) is 17.6 Å². The highest BCUT2D eigenvalue weighted by atomic mass is 16.3. The lowest BCUT2D eigenvalue weighted by Crippen LogP contribution is -2.14. The average Bonchev–Trinajstić information content (AvgIpc) is 2.65. The molecule has 0 heterocycles. The fourth-order valence-corrected chi connectivity index (χ4v) is 5.38. The highest BCUT2D eigenvalue weighted by Gasteiger charge is 2.27. The summed E-state index contributed by atoms with van der Waals surface area (Å²) in [5.74, 6) is 3.22. The van der Waals surface area contributed by atoms with Gasteiger partial charge in [0.25, 0.3) is 0 Å². The van der Waals surface area contributed by atoms with Crippen molar-refractivity contribution >= 4 is 16.5 Å². The third-order valence-corrected chi connectivity index (χ3v) is 7.15. The summed E-state index contributed by atoms with van der Waals surface area (Å²) in [6, 6.07) is 8.33. The molecule has 4 rings (SSSR count). The minimum Gasteiger partial charge on any atom is -0.507 e. The maximum Gasteiger partial charge on any atom is 0.123 e. The summed E-state index contributed by atoms with van der Waals surface area (Å²) >= 11 is 0. The molecule has 0 aliphatic heterocycles. The van der Waals surface area contributed by atoms with E-state index >= 15 is 0 Å². The van der Waals surface area contributed by atoms with Crippen LogP contribution in [0.2, 0.25) is 0 Å². The molecule has 0 saturated heterocycles. The number of hydrogen-bond donors (Lipinski definition) is 2. The molecule has 2 fully saturated rings. The topological polar surface area (TPSA) is 46.2 Å². The number of rotatable bonds is 2. The van der Waals surface area contributed by atoms with E-state index in [4.69, 9.17) is 5.73 Å².